The van der Waals surface area contributed by atoms with Crippen LogP contribution in [0.1, 0.15) is 91.4 Å². The molecule has 2 aliphatic heterocycles. The summed E-state index contributed by atoms with van der Waals surface area (Å²) >= 11 is 0. The van der Waals surface area contributed by atoms with Crippen molar-refractivity contribution in [1.82, 2.24) is 31.9 Å². The Kier molecular flexibility index (Phi) is 52.6. The molecular formula is C66H123N6O33P. The maximum atomic E-state index is 14.2. The van der Waals surface area contributed by atoms with Crippen LogP contribution in [0.3, 0.4) is 0 Å². The third-order valence-corrected chi connectivity index (χ3v) is 18.2. The zero-order valence-corrected chi connectivity index (χ0v) is 62.6. The van der Waals surface area contributed by atoms with Crippen LogP contribution >= 0.6 is 7.82 Å². The number of aliphatic hydroxyl groups is 9. The van der Waals surface area contributed by atoms with Crippen molar-refractivity contribution >= 4 is 43.3 Å². The summed E-state index contributed by atoms with van der Waals surface area (Å²) < 4.78 is 98.7. The van der Waals surface area contributed by atoms with Crippen LogP contribution in [0.2, 0.25) is 0 Å². The number of rotatable bonds is 63. The highest BCUT2D eigenvalue weighted by molar-refractivity contribution is 7.47. The summed E-state index contributed by atoms with van der Waals surface area (Å²) in [7, 11) is -3.06. The summed E-state index contributed by atoms with van der Waals surface area (Å²) in [6.07, 6.45) is -7.52. The van der Waals surface area contributed by atoms with E-state index in [1.807, 2.05) is 0 Å². The molecule has 39 nitrogen and oxygen atoms in total. The quantitative estimate of drug-likeness (QED) is 0.0200. The van der Waals surface area contributed by atoms with E-state index >= 15 is 0 Å². The normalized spacial score (nSPS) is 25.8. The number of carbonyl (C=O) groups excluding carboxylic acids is 6. The van der Waals surface area contributed by atoms with Gasteiger partial charge in [0.2, 0.25) is 35.4 Å². The van der Waals surface area contributed by atoms with E-state index < -0.39 is 166 Å². The van der Waals surface area contributed by atoms with Gasteiger partial charge in [-0.05, 0) is 57.8 Å². The summed E-state index contributed by atoms with van der Waals surface area (Å²) in [6, 6.07) is -3.11. The van der Waals surface area contributed by atoms with Gasteiger partial charge in [0, 0.05) is 58.0 Å². The van der Waals surface area contributed by atoms with Crippen LogP contribution in [0.25, 0.3) is 0 Å². The van der Waals surface area contributed by atoms with Crippen molar-refractivity contribution in [2.24, 2.45) is 17.8 Å². The van der Waals surface area contributed by atoms with Crippen molar-refractivity contribution in [3.63, 3.8) is 0 Å². The van der Waals surface area contributed by atoms with Crippen molar-refractivity contribution in [3.8, 4) is 0 Å². The van der Waals surface area contributed by atoms with Gasteiger partial charge in [-0.1, -0.05) is 26.7 Å². The molecule has 620 valence electrons. The Morgan fingerprint density at radius 3 is 1.27 bits per heavy atom. The molecule has 3 fully saturated rings. The second kappa shape index (κ2) is 58.0. The first kappa shape index (κ1) is 96.2. The summed E-state index contributed by atoms with van der Waals surface area (Å²) in [5.74, 6) is -4.75. The third kappa shape index (κ3) is 40.8. The third-order valence-electron chi connectivity index (χ3n) is 17.3. The molecule has 2 heterocycles. The molecule has 1 aliphatic carbocycles. The highest BCUT2D eigenvalue weighted by Gasteiger charge is 2.46. The van der Waals surface area contributed by atoms with Crippen LogP contribution in [-0.2, 0) is 109 Å². The minimum absolute atomic E-state index is 0.00327. The Hall–Kier alpha value is -3.99. The van der Waals surface area contributed by atoms with Crippen LogP contribution in [0.5, 0.6) is 0 Å². The average molecular weight is 1560 g/mol. The van der Waals surface area contributed by atoms with Crippen molar-refractivity contribution in [2.75, 3.05) is 192 Å². The van der Waals surface area contributed by atoms with Crippen molar-refractivity contribution in [1.29, 1.82) is 0 Å². The van der Waals surface area contributed by atoms with Gasteiger partial charge < -0.3 is 149 Å². The minimum Gasteiger partial charge on any atom is -0.396 e. The summed E-state index contributed by atoms with van der Waals surface area (Å²) in [5.41, 5.74) is 0. The van der Waals surface area contributed by atoms with Crippen molar-refractivity contribution in [3.05, 3.63) is 0 Å². The smallest absolute Gasteiger partial charge is 0.396 e. The molecule has 3 aliphatic rings. The fourth-order valence-corrected chi connectivity index (χ4v) is 11.6. The molecule has 106 heavy (non-hydrogen) atoms. The maximum absolute atomic E-state index is 14.2. The number of phosphoric acid groups is 1. The molecule has 0 aromatic rings. The fourth-order valence-electron chi connectivity index (χ4n) is 11.1. The number of hydrogen-bond donors (Lipinski definition) is 16. The van der Waals surface area contributed by atoms with E-state index in [-0.39, 0.29) is 184 Å². The van der Waals surface area contributed by atoms with Gasteiger partial charge in [0.25, 0.3) is 0 Å². The number of hydrogen-bond acceptors (Lipinski definition) is 32. The van der Waals surface area contributed by atoms with E-state index in [0.717, 1.165) is 7.11 Å². The van der Waals surface area contributed by atoms with Gasteiger partial charge in [0.1, 0.15) is 62.4 Å². The van der Waals surface area contributed by atoms with Gasteiger partial charge in [-0.15, -0.1) is 0 Å². The molecule has 0 aromatic heterocycles. The van der Waals surface area contributed by atoms with Gasteiger partial charge in [-0.2, -0.15) is 0 Å². The lowest BCUT2D eigenvalue weighted by Crippen LogP contribution is -2.61. The molecule has 1 saturated carbocycles. The molecule has 0 aromatic carbocycles. The Bertz CT molecular complexity index is 2410. The number of carbonyl (C=O) groups is 6. The van der Waals surface area contributed by atoms with Gasteiger partial charge >= 0.3 is 7.82 Å². The lowest BCUT2D eigenvalue weighted by atomic mass is 9.79. The number of amides is 6. The minimum atomic E-state index is -4.12. The second-order valence-electron chi connectivity index (χ2n) is 25.6. The highest BCUT2D eigenvalue weighted by atomic mass is 31.2. The number of phosphoric ester groups is 1. The van der Waals surface area contributed by atoms with E-state index in [4.69, 9.17) is 70.8 Å². The lowest BCUT2D eigenvalue weighted by molar-refractivity contribution is -0.284. The summed E-state index contributed by atoms with van der Waals surface area (Å²) in [6.45, 7) is 5.54. The monoisotopic (exact) mass is 1560 g/mol. The van der Waals surface area contributed by atoms with Crippen molar-refractivity contribution < 1.29 is 160 Å². The molecule has 1 unspecified atom stereocenters. The number of ether oxygens (including phenoxy) is 14. The zero-order valence-electron chi connectivity index (χ0n) is 61.7. The largest absolute Gasteiger partial charge is 0.471 e. The number of aliphatic hydroxyl groups excluding tert-OH is 9. The Morgan fingerprint density at radius 1 is 0.443 bits per heavy atom. The van der Waals surface area contributed by atoms with Gasteiger partial charge in [0.05, 0.1) is 169 Å². The number of nitrogens with one attached hydrogen (secondary N) is 6. The first-order valence-corrected chi connectivity index (χ1v) is 38.0. The standard InChI is InChI=1S/C66H123N6O33P/c1-44-57(80)60(83)51(39-74)104-65(44)101-35-32-95-23-20-92-26-29-98-42-54(78)68-16-11-8-14-49(71-55(79)43-99-30-27-93-21-24-96-33-36-102-66-45(2)58(81)61(84)52(40-75)105-66)64(87)72-48(63(86)69-17-9-5-6-12-18-103-106(88,89)90-4)13-7-10-15-67-53(77)41-97-28-25-91-19-22-94-31-34-100-50-37-47(38-73)59(82)62(85)56(50)70-46(3)76/h44-45,47-52,56-62,65-66,73-75,80-85H,5-43H2,1-4H3,(H,67,77)(H,68,78)(H,69,86)(H,70,76)(H,71,79)(H,72,87)(H,88,89)/t44-,45-,47-,48+,49+,50-,51-,52-,56+,57-,58-,59+,60+,61+,62-,65-,66-/m1/s1. The second-order valence-corrected chi connectivity index (χ2v) is 27.1. The summed E-state index contributed by atoms with van der Waals surface area (Å²) in [5, 5.41) is 106. The van der Waals surface area contributed by atoms with Gasteiger partial charge in [-0.25, -0.2) is 4.57 Å². The van der Waals surface area contributed by atoms with Crippen LogP contribution in [0, 0.1) is 17.8 Å². The van der Waals surface area contributed by atoms with E-state index in [9.17, 15) is 84.2 Å². The molecule has 0 radical (unpaired) electrons. The Labute approximate surface area is 619 Å². The number of unbranched alkanes of at least 4 members (excludes halogenated alkanes) is 5. The van der Waals surface area contributed by atoms with E-state index in [2.05, 4.69) is 36.4 Å². The molecule has 0 bridgehead atoms. The lowest BCUT2D eigenvalue weighted by Gasteiger charge is -2.42. The van der Waals surface area contributed by atoms with E-state index in [1.54, 1.807) is 13.8 Å². The molecular weight excluding hydrogens is 1440 g/mol. The van der Waals surface area contributed by atoms with Crippen LogP contribution < -0.4 is 31.9 Å². The predicted octanol–water partition coefficient (Wildman–Crippen LogP) is -5.07. The van der Waals surface area contributed by atoms with E-state index in [0.29, 0.717) is 51.4 Å². The molecule has 3 rings (SSSR count). The fraction of sp³-hybridized carbons (Fsp3) is 0.909. The zero-order chi connectivity index (χ0) is 77.9. The van der Waals surface area contributed by atoms with Gasteiger partial charge in [-0.3, -0.25) is 37.8 Å². The molecule has 16 N–H and O–H groups in total. The molecule has 40 heteroatoms. The average Bonchev–Trinajstić information content (AvgIpc) is 0.817. The first-order chi connectivity index (χ1) is 51.0. The van der Waals surface area contributed by atoms with Crippen molar-refractivity contribution in [2.45, 2.75) is 177 Å². The molecule has 6 amide bonds. The first-order valence-electron chi connectivity index (χ1n) is 36.5. The predicted molar refractivity (Wildman–Crippen MR) is 370 cm³/mol. The topological polar surface area (TPSA) is 542 Å². The van der Waals surface area contributed by atoms with Gasteiger partial charge in [0.15, 0.2) is 12.6 Å². The van der Waals surface area contributed by atoms with Crippen LogP contribution in [0.15, 0.2) is 0 Å². The maximum Gasteiger partial charge on any atom is 0.471 e. The Morgan fingerprint density at radius 2 is 0.840 bits per heavy atom. The SMILES string of the molecule is COP(=O)(O)OCCCCCCNC(=O)[C@H](CCCCNC(=O)COCCOCCOCCO[C@@H]1C[C@H](CO)[C@H](O)[C@H](O)[C@H]1NC(C)=O)NC(=O)[C@H](CCCCNC(=O)COCCOCCOCCO[C@@H]1O[C@H](CO)[C@H](O)[C@H](O)[C@H]1C)NC(=O)COCCOCCOCCO[C@@H]1O[C@H](CO)[C@H](O)[C@H](O)[C@H]1C. The molecule has 2 saturated heterocycles. The van der Waals surface area contributed by atoms with Crippen LogP contribution in [-0.4, -0.2) is 364 Å². The van der Waals surface area contributed by atoms with Crippen LogP contribution in [0.4, 0.5) is 0 Å². The van der Waals surface area contributed by atoms with E-state index in [1.165, 1.54) is 6.92 Å². The molecule has 0 spiro atoms. The summed E-state index contributed by atoms with van der Waals surface area (Å²) in [4.78, 5) is 87.9. The molecule has 18 atom stereocenters. The highest BCUT2D eigenvalue weighted by Crippen LogP contribution is 2.42. The Balaban J connectivity index is 1.46.